The molecule has 108 valence electrons. The molecule has 0 unspecified atom stereocenters. The average molecular weight is 259 g/mol. The zero-order valence-electron chi connectivity index (χ0n) is 12.2. The number of nitrogens with one attached hydrogen (secondary N) is 1. The van der Waals surface area contributed by atoms with E-state index in [0.29, 0.717) is 0 Å². The summed E-state index contributed by atoms with van der Waals surface area (Å²) in [7, 11) is 0. The summed E-state index contributed by atoms with van der Waals surface area (Å²) in [6.07, 6.45) is 2.64. The van der Waals surface area contributed by atoms with Crippen molar-refractivity contribution in [3.8, 4) is 0 Å². The van der Waals surface area contributed by atoms with Gasteiger partial charge in [0.2, 0.25) is 0 Å². The maximum atomic E-state index is 8.92. The second-order valence-electron chi connectivity index (χ2n) is 6.29. The first-order valence-electron chi connectivity index (χ1n) is 6.55. The molecule has 0 spiro atoms. The van der Waals surface area contributed by atoms with E-state index < -0.39 is 0 Å². The minimum atomic E-state index is -0.267. The Labute approximate surface area is 110 Å². The van der Waals surface area contributed by atoms with Crippen molar-refractivity contribution in [3.05, 3.63) is 0 Å². The molecule has 0 aromatic carbocycles. The van der Waals surface area contributed by atoms with Gasteiger partial charge in [0.1, 0.15) is 5.84 Å². The second-order valence-corrected chi connectivity index (χ2v) is 6.29. The first-order valence-corrected chi connectivity index (χ1v) is 6.55. The Morgan fingerprint density at radius 2 is 1.83 bits per heavy atom. The molecule has 0 amide bonds. The van der Waals surface area contributed by atoms with E-state index in [-0.39, 0.29) is 23.3 Å². The number of hydrogen-bond acceptors (Lipinski definition) is 4. The molecule has 0 bridgehead atoms. The van der Waals surface area contributed by atoms with Gasteiger partial charge in [0.25, 0.3) is 0 Å². The predicted molar refractivity (Wildman–Crippen MR) is 74.8 cm³/mol. The van der Waals surface area contributed by atoms with Gasteiger partial charge in [0.05, 0.1) is 0 Å². The highest BCUT2D eigenvalue weighted by atomic mass is 16.4. The predicted octanol–water partition coefficient (Wildman–Crippen LogP) is 1.54. The molecule has 0 fully saturated rings. The van der Waals surface area contributed by atoms with Crippen molar-refractivity contribution in [2.24, 2.45) is 21.7 Å². The Balaban J connectivity index is 3.81. The molecule has 0 saturated heterocycles. The van der Waals surface area contributed by atoms with E-state index in [2.05, 4.69) is 24.3 Å². The quantitative estimate of drug-likeness (QED) is 0.166. The van der Waals surface area contributed by atoms with Crippen molar-refractivity contribution in [2.75, 3.05) is 19.7 Å². The lowest BCUT2D eigenvalue weighted by atomic mass is 9.86. The van der Waals surface area contributed by atoms with Gasteiger partial charge >= 0.3 is 0 Å². The zero-order chi connectivity index (χ0) is 14.2. The number of hydrogen-bond donors (Lipinski definition) is 4. The molecule has 0 aromatic heterocycles. The van der Waals surface area contributed by atoms with Crippen molar-refractivity contribution >= 4 is 5.84 Å². The first-order chi connectivity index (χ1) is 8.25. The molecule has 0 heterocycles. The lowest BCUT2D eigenvalue weighted by molar-refractivity contribution is 0.207. The van der Waals surface area contributed by atoms with Gasteiger partial charge in [-0.25, -0.2) is 0 Å². The highest BCUT2D eigenvalue weighted by molar-refractivity contribution is 5.85. The minimum absolute atomic E-state index is 0.121. The Hall–Kier alpha value is -0.810. The number of aliphatic hydroxyl groups excluding tert-OH is 1. The average Bonchev–Trinajstić information content (AvgIpc) is 2.27. The van der Waals surface area contributed by atoms with Gasteiger partial charge in [-0.3, -0.25) is 0 Å². The molecule has 5 heteroatoms. The largest absolute Gasteiger partial charge is 0.409 e. The standard InChI is InChI=1S/C13H29N3O2/c1-12(2,7-9-17)10-15-8-5-6-13(3,4)11(14)16-18/h15,17-18H,5-10H2,1-4H3,(H2,14,16). The summed E-state index contributed by atoms with van der Waals surface area (Å²) in [5, 5.41) is 24.0. The van der Waals surface area contributed by atoms with Crippen molar-refractivity contribution in [1.82, 2.24) is 5.32 Å². The molecule has 18 heavy (non-hydrogen) atoms. The van der Waals surface area contributed by atoms with Gasteiger partial charge in [0, 0.05) is 18.6 Å². The van der Waals surface area contributed by atoms with E-state index in [4.69, 9.17) is 16.0 Å². The number of nitrogens with zero attached hydrogens (tertiary/aromatic N) is 1. The van der Waals surface area contributed by atoms with Gasteiger partial charge in [-0.2, -0.15) is 0 Å². The van der Waals surface area contributed by atoms with Crippen molar-refractivity contribution in [3.63, 3.8) is 0 Å². The first kappa shape index (κ1) is 17.2. The SMILES string of the molecule is CC(C)(CCO)CNCCCC(C)(C)C(N)=NO. The smallest absolute Gasteiger partial charge is 0.144 e. The number of rotatable bonds is 9. The molecule has 5 nitrogen and oxygen atoms in total. The van der Waals surface area contributed by atoms with Crippen LogP contribution in [0, 0.1) is 10.8 Å². The topological polar surface area (TPSA) is 90.9 Å². The van der Waals surface area contributed by atoms with E-state index in [0.717, 1.165) is 32.4 Å². The van der Waals surface area contributed by atoms with E-state index in [9.17, 15) is 0 Å². The molecule has 0 aliphatic carbocycles. The highest BCUT2D eigenvalue weighted by Gasteiger charge is 2.23. The third kappa shape index (κ3) is 6.81. The fourth-order valence-corrected chi connectivity index (χ4v) is 1.74. The Morgan fingerprint density at radius 3 is 2.33 bits per heavy atom. The molecular weight excluding hydrogens is 230 g/mol. The van der Waals surface area contributed by atoms with Crippen LogP contribution in [0.4, 0.5) is 0 Å². The molecule has 0 radical (unpaired) electrons. The molecule has 0 aliphatic rings. The van der Waals surface area contributed by atoms with E-state index in [1.54, 1.807) is 0 Å². The van der Waals surface area contributed by atoms with Crippen LogP contribution in [0.2, 0.25) is 0 Å². The zero-order valence-corrected chi connectivity index (χ0v) is 12.2. The van der Waals surface area contributed by atoms with Crippen molar-refractivity contribution in [2.45, 2.75) is 47.0 Å². The third-order valence-corrected chi connectivity index (χ3v) is 3.35. The van der Waals surface area contributed by atoms with Gasteiger partial charge in [-0.1, -0.05) is 32.9 Å². The fraction of sp³-hybridized carbons (Fsp3) is 0.923. The molecule has 0 atom stereocenters. The molecular formula is C13H29N3O2. The van der Waals surface area contributed by atoms with Gasteiger partial charge in [-0.15, -0.1) is 0 Å². The normalized spacial score (nSPS) is 13.9. The van der Waals surface area contributed by atoms with Crippen LogP contribution in [0.3, 0.4) is 0 Å². The molecule has 0 aromatic rings. The van der Waals surface area contributed by atoms with E-state index >= 15 is 0 Å². The lowest BCUT2D eigenvalue weighted by Gasteiger charge is -2.25. The van der Waals surface area contributed by atoms with Crippen LogP contribution in [-0.2, 0) is 0 Å². The maximum absolute atomic E-state index is 8.92. The third-order valence-electron chi connectivity index (χ3n) is 3.35. The van der Waals surface area contributed by atoms with Crippen LogP contribution in [0.15, 0.2) is 5.16 Å². The summed E-state index contributed by atoms with van der Waals surface area (Å²) in [4.78, 5) is 0. The number of amidine groups is 1. The van der Waals surface area contributed by atoms with Crippen LogP contribution in [-0.4, -0.2) is 35.8 Å². The fourth-order valence-electron chi connectivity index (χ4n) is 1.74. The lowest BCUT2D eigenvalue weighted by Crippen LogP contribution is -2.34. The Bertz CT molecular complexity index is 263. The minimum Gasteiger partial charge on any atom is -0.409 e. The molecule has 0 aliphatic heterocycles. The van der Waals surface area contributed by atoms with Gasteiger partial charge in [0.15, 0.2) is 0 Å². The van der Waals surface area contributed by atoms with Crippen LogP contribution < -0.4 is 11.1 Å². The van der Waals surface area contributed by atoms with Gasteiger partial charge in [-0.05, 0) is 31.2 Å². The van der Waals surface area contributed by atoms with Crippen LogP contribution in [0.1, 0.15) is 47.0 Å². The Morgan fingerprint density at radius 1 is 1.22 bits per heavy atom. The summed E-state index contributed by atoms with van der Waals surface area (Å²) in [6.45, 7) is 10.2. The number of aliphatic hydroxyl groups is 1. The highest BCUT2D eigenvalue weighted by Crippen LogP contribution is 2.22. The van der Waals surface area contributed by atoms with Crippen molar-refractivity contribution < 1.29 is 10.3 Å². The summed E-state index contributed by atoms with van der Waals surface area (Å²) < 4.78 is 0. The van der Waals surface area contributed by atoms with Crippen LogP contribution >= 0.6 is 0 Å². The molecule has 0 saturated carbocycles. The summed E-state index contributed by atoms with van der Waals surface area (Å²) >= 11 is 0. The number of nitrogens with two attached hydrogens (primary N) is 1. The number of oxime groups is 1. The maximum Gasteiger partial charge on any atom is 0.144 e. The van der Waals surface area contributed by atoms with Gasteiger partial charge < -0.3 is 21.4 Å². The Kier molecular flexibility index (Phi) is 7.25. The van der Waals surface area contributed by atoms with E-state index in [1.165, 1.54) is 0 Å². The second kappa shape index (κ2) is 7.59. The van der Waals surface area contributed by atoms with E-state index in [1.807, 2.05) is 13.8 Å². The molecule has 5 N–H and O–H groups in total. The summed E-state index contributed by atoms with van der Waals surface area (Å²) in [5.74, 6) is 0.281. The summed E-state index contributed by atoms with van der Waals surface area (Å²) in [5.41, 5.74) is 5.48. The van der Waals surface area contributed by atoms with Crippen LogP contribution in [0.25, 0.3) is 0 Å². The monoisotopic (exact) mass is 259 g/mol. The van der Waals surface area contributed by atoms with Crippen molar-refractivity contribution in [1.29, 1.82) is 0 Å². The molecule has 0 rings (SSSR count). The van der Waals surface area contributed by atoms with Crippen LogP contribution in [0.5, 0.6) is 0 Å². The summed E-state index contributed by atoms with van der Waals surface area (Å²) in [6, 6.07) is 0.